The Labute approximate surface area is 153 Å². The molecule has 3 nitrogen and oxygen atoms in total. The lowest BCUT2D eigenvalue weighted by atomic mass is 9.89. The number of aryl methyl sites for hydroxylation is 1. The Morgan fingerprint density at radius 1 is 1.32 bits per heavy atom. The van der Waals surface area contributed by atoms with Crippen molar-refractivity contribution in [2.24, 2.45) is 11.7 Å². The van der Waals surface area contributed by atoms with E-state index in [4.69, 9.17) is 5.73 Å². The van der Waals surface area contributed by atoms with Gasteiger partial charge in [-0.25, -0.2) is 0 Å². The first-order valence-electron chi connectivity index (χ1n) is 9.87. The third-order valence-electron chi connectivity index (χ3n) is 5.68. The standard InChI is InChI=1S/C22H35NO2/c1-3-4-5-9-20(25)13-12-17-10-11-18(22(17)23)14-21-16(2)7-6-8-19(21)15-24/h6-8,12,18,20,22,24-25H,3-5,9-11,13-15,23H2,1-2H3/b17-12+. The molecule has 0 saturated heterocycles. The van der Waals surface area contributed by atoms with Crippen LogP contribution in [0.1, 0.15) is 68.6 Å². The van der Waals surface area contributed by atoms with Crippen LogP contribution in [-0.2, 0) is 13.0 Å². The number of rotatable bonds is 9. The van der Waals surface area contributed by atoms with Crippen molar-refractivity contribution in [3.63, 3.8) is 0 Å². The summed E-state index contributed by atoms with van der Waals surface area (Å²) in [7, 11) is 0. The van der Waals surface area contributed by atoms with Gasteiger partial charge in [0.25, 0.3) is 0 Å². The van der Waals surface area contributed by atoms with Crippen LogP contribution < -0.4 is 5.73 Å². The quantitative estimate of drug-likeness (QED) is 0.468. The molecule has 140 valence electrons. The number of aliphatic hydroxyl groups is 2. The molecule has 0 amide bonds. The van der Waals surface area contributed by atoms with E-state index in [0.29, 0.717) is 5.92 Å². The summed E-state index contributed by atoms with van der Waals surface area (Å²) in [4.78, 5) is 0. The third-order valence-corrected chi connectivity index (χ3v) is 5.68. The number of hydrogen-bond donors (Lipinski definition) is 3. The molecule has 4 N–H and O–H groups in total. The molecular formula is C22H35NO2. The minimum absolute atomic E-state index is 0.0778. The zero-order chi connectivity index (χ0) is 18.2. The molecule has 0 spiro atoms. The molecule has 1 aliphatic rings. The van der Waals surface area contributed by atoms with Gasteiger partial charge in [-0.3, -0.25) is 0 Å². The molecule has 3 atom stereocenters. The Morgan fingerprint density at radius 3 is 2.84 bits per heavy atom. The predicted molar refractivity (Wildman–Crippen MR) is 104 cm³/mol. The largest absolute Gasteiger partial charge is 0.393 e. The lowest BCUT2D eigenvalue weighted by Crippen LogP contribution is -2.28. The number of benzene rings is 1. The lowest BCUT2D eigenvalue weighted by Gasteiger charge is -2.20. The number of nitrogens with two attached hydrogens (primary N) is 1. The molecule has 2 rings (SSSR count). The third kappa shape index (κ3) is 5.67. The second kappa shape index (κ2) is 10.1. The fourth-order valence-electron chi connectivity index (χ4n) is 3.97. The summed E-state index contributed by atoms with van der Waals surface area (Å²) >= 11 is 0. The minimum Gasteiger partial charge on any atom is -0.393 e. The molecule has 0 aromatic heterocycles. The maximum absolute atomic E-state index is 10.1. The van der Waals surface area contributed by atoms with Gasteiger partial charge in [-0.15, -0.1) is 0 Å². The van der Waals surface area contributed by atoms with E-state index < -0.39 is 0 Å². The van der Waals surface area contributed by atoms with Crippen LogP contribution in [0.3, 0.4) is 0 Å². The number of hydrogen-bond acceptors (Lipinski definition) is 3. The van der Waals surface area contributed by atoms with E-state index in [-0.39, 0.29) is 18.8 Å². The summed E-state index contributed by atoms with van der Waals surface area (Å²) in [5.74, 6) is 0.426. The first-order valence-corrected chi connectivity index (χ1v) is 9.87. The van der Waals surface area contributed by atoms with Crippen LogP contribution in [0.2, 0.25) is 0 Å². The van der Waals surface area contributed by atoms with Gasteiger partial charge >= 0.3 is 0 Å². The molecule has 1 aromatic carbocycles. The molecule has 1 saturated carbocycles. The Balaban J connectivity index is 1.93. The van der Waals surface area contributed by atoms with Gasteiger partial charge in [0.1, 0.15) is 0 Å². The molecule has 0 radical (unpaired) electrons. The van der Waals surface area contributed by atoms with Crippen molar-refractivity contribution < 1.29 is 10.2 Å². The lowest BCUT2D eigenvalue weighted by molar-refractivity contribution is 0.163. The monoisotopic (exact) mass is 345 g/mol. The van der Waals surface area contributed by atoms with Crippen LogP contribution in [0.4, 0.5) is 0 Å². The van der Waals surface area contributed by atoms with Crippen molar-refractivity contribution in [1.82, 2.24) is 0 Å². The van der Waals surface area contributed by atoms with E-state index in [1.54, 1.807) is 0 Å². The molecule has 1 fully saturated rings. The molecule has 0 bridgehead atoms. The zero-order valence-corrected chi connectivity index (χ0v) is 15.9. The fourth-order valence-corrected chi connectivity index (χ4v) is 3.97. The topological polar surface area (TPSA) is 66.5 Å². The second-order valence-electron chi connectivity index (χ2n) is 7.56. The van der Waals surface area contributed by atoms with E-state index in [0.717, 1.165) is 44.1 Å². The smallest absolute Gasteiger partial charge is 0.0684 e. The molecule has 3 heteroatoms. The summed E-state index contributed by atoms with van der Waals surface area (Å²) < 4.78 is 0. The van der Waals surface area contributed by atoms with Gasteiger partial charge in [0, 0.05) is 6.04 Å². The van der Waals surface area contributed by atoms with E-state index in [2.05, 4.69) is 26.0 Å². The first kappa shape index (κ1) is 20.2. The van der Waals surface area contributed by atoms with Crippen LogP contribution in [0, 0.1) is 12.8 Å². The van der Waals surface area contributed by atoms with Gasteiger partial charge in [0.2, 0.25) is 0 Å². The second-order valence-corrected chi connectivity index (χ2v) is 7.56. The van der Waals surface area contributed by atoms with E-state index in [1.165, 1.54) is 29.5 Å². The molecular weight excluding hydrogens is 310 g/mol. The average Bonchev–Trinajstić information content (AvgIpc) is 2.95. The Bertz CT molecular complexity index is 567. The van der Waals surface area contributed by atoms with Crippen LogP contribution >= 0.6 is 0 Å². The number of aliphatic hydroxyl groups excluding tert-OH is 2. The Morgan fingerprint density at radius 2 is 2.12 bits per heavy atom. The van der Waals surface area contributed by atoms with Crippen molar-refractivity contribution in [3.8, 4) is 0 Å². The Hall–Kier alpha value is -1.16. The molecule has 0 aliphatic heterocycles. The predicted octanol–water partition coefficient (Wildman–Crippen LogP) is 4.02. The van der Waals surface area contributed by atoms with Crippen molar-refractivity contribution in [3.05, 3.63) is 46.5 Å². The van der Waals surface area contributed by atoms with E-state index in [9.17, 15) is 10.2 Å². The van der Waals surface area contributed by atoms with Crippen molar-refractivity contribution in [2.45, 2.75) is 84.0 Å². The van der Waals surface area contributed by atoms with Crippen molar-refractivity contribution in [2.75, 3.05) is 0 Å². The van der Waals surface area contributed by atoms with Gasteiger partial charge in [-0.05, 0) is 61.6 Å². The summed E-state index contributed by atoms with van der Waals surface area (Å²) in [5.41, 5.74) is 11.3. The molecule has 25 heavy (non-hydrogen) atoms. The van der Waals surface area contributed by atoms with Crippen LogP contribution in [0.15, 0.2) is 29.8 Å². The highest BCUT2D eigenvalue weighted by Crippen LogP contribution is 2.34. The summed E-state index contributed by atoms with van der Waals surface area (Å²) in [6.07, 6.45) is 10.1. The highest BCUT2D eigenvalue weighted by Gasteiger charge is 2.29. The van der Waals surface area contributed by atoms with Crippen LogP contribution in [0.25, 0.3) is 0 Å². The summed E-state index contributed by atoms with van der Waals surface area (Å²) in [6.45, 7) is 4.38. The van der Waals surface area contributed by atoms with Gasteiger partial charge in [-0.1, -0.05) is 56.0 Å². The van der Waals surface area contributed by atoms with E-state index >= 15 is 0 Å². The molecule has 3 unspecified atom stereocenters. The van der Waals surface area contributed by atoms with Crippen LogP contribution in [0.5, 0.6) is 0 Å². The maximum atomic E-state index is 10.1. The summed E-state index contributed by atoms with van der Waals surface area (Å²) in [6, 6.07) is 6.20. The minimum atomic E-state index is -0.234. The highest BCUT2D eigenvalue weighted by atomic mass is 16.3. The maximum Gasteiger partial charge on any atom is 0.0684 e. The molecule has 0 heterocycles. The zero-order valence-electron chi connectivity index (χ0n) is 15.9. The van der Waals surface area contributed by atoms with Gasteiger partial charge in [-0.2, -0.15) is 0 Å². The molecule has 1 aliphatic carbocycles. The van der Waals surface area contributed by atoms with Gasteiger partial charge in [0.05, 0.1) is 12.7 Å². The van der Waals surface area contributed by atoms with Crippen LogP contribution in [-0.4, -0.2) is 22.4 Å². The van der Waals surface area contributed by atoms with Gasteiger partial charge < -0.3 is 15.9 Å². The molecule has 1 aromatic rings. The van der Waals surface area contributed by atoms with E-state index in [1.807, 2.05) is 12.1 Å². The first-order chi connectivity index (χ1) is 12.1. The SMILES string of the molecule is CCCCCC(O)C/C=C1\CCC(Cc2c(C)cccc2CO)C1N. The highest BCUT2D eigenvalue weighted by molar-refractivity contribution is 5.35. The van der Waals surface area contributed by atoms with Gasteiger partial charge in [0.15, 0.2) is 0 Å². The fraction of sp³-hybridized carbons (Fsp3) is 0.636. The summed E-state index contributed by atoms with van der Waals surface area (Å²) in [5, 5.41) is 19.7. The normalized spacial score (nSPS) is 23.3. The number of unbranched alkanes of at least 4 members (excludes halogenated alkanes) is 2. The van der Waals surface area contributed by atoms with Crippen molar-refractivity contribution >= 4 is 0 Å². The Kier molecular flexibility index (Phi) is 8.14. The average molecular weight is 346 g/mol. The van der Waals surface area contributed by atoms with Crippen molar-refractivity contribution in [1.29, 1.82) is 0 Å².